The fourth-order valence-electron chi connectivity index (χ4n) is 6.93. The summed E-state index contributed by atoms with van der Waals surface area (Å²) in [4.78, 5) is 33.0. The number of pyridine rings is 1. The number of hydrogen-bond acceptors (Lipinski definition) is 3. The van der Waals surface area contributed by atoms with E-state index in [1.165, 1.54) is 32.1 Å². The number of nitrogens with zero attached hydrogens (tertiary/aromatic N) is 2. The molecule has 2 heterocycles. The summed E-state index contributed by atoms with van der Waals surface area (Å²) < 4.78 is 0. The molecule has 5 nitrogen and oxygen atoms in total. The van der Waals surface area contributed by atoms with Crippen molar-refractivity contribution in [2.24, 2.45) is 29.6 Å². The Morgan fingerprint density at radius 1 is 1.00 bits per heavy atom. The normalized spacial score (nSPS) is 43.8. The molecular weight excluding hydrogens is 326 g/mol. The Morgan fingerprint density at radius 3 is 2.27 bits per heavy atom. The highest BCUT2D eigenvalue weighted by Crippen LogP contribution is 2.57. The van der Waals surface area contributed by atoms with Crippen LogP contribution >= 0.6 is 0 Å². The van der Waals surface area contributed by atoms with Crippen molar-refractivity contribution in [2.45, 2.75) is 56.5 Å². The third kappa shape index (κ3) is 1.89. The maximum Gasteiger partial charge on any atom is 0.325 e. The Hall–Kier alpha value is -1.91. The lowest BCUT2D eigenvalue weighted by Crippen LogP contribution is -2.58. The van der Waals surface area contributed by atoms with E-state index in [2.05, 4.69) is 10.3 Å². The maximum absolute atomic E-state index is 13.7. The van der Waals surface area contributed by atoms with Crippen LogP contribution in [-0.4, -0.2) is 27.9 Å². The Labute approximate surface area is 153 Å². The molecule has 1 unspecified atom stereocenters. The molecule has 5 saturated carbocycles. The van der Waals surface area contributed by atoms with Crippen LogP contribution < -0.4 is 5.32 Å². The van der Waals surface area contributed by atoms with Crippen molar-refractivity contribution in [2.75, 3.05) is 0 Å². The molecule has 7 rings (SSSR count). The van der Waals surface area contributed by atoms with Gasteiger partial charge in [-0.15, -0.1) is 0 Å². The van der Waals surface area contributed by atoms with Crippen LogP contribution in [0.2, 0.25) is 0 Å². The molecule has 4 bridgehead atoms. The van der Waals surface area contributed by atoms with E-state index in [0.717, 1.165) is 24.7 Å². The predicted molar refractivity (Wildman–Crippen MR) is 94.8 cm³/mol. The van der Waals surface area contributed by atoms with Gasteiger partial charge in [0.15, 0.2) is 5.54 Å². The molecule has 1 atom stereocenters. The lowest BCUT2D eigenvalue weighted by Gasteiger charge is -2.55. The highest BCUT2D eigenvalue weighted by Gasteiger charge is 2.64. The zero-order valence-corrected chi connectivity index (χ0v) is 14.9. The average molecular weight is 351 g/mol. The molecule has 3 amide bonds. The summed E-state index contributed by atoms with van der Waals surface area (Å²) in [6.07, 6.45) is 9.88. The van der Waals surface area contributed by atoms with Crippen LogP contribution in [0.3, 0.4) is 0 Å². The third-order valence-electron chi connectivity index (χ3n) is 7.81. The van der Waals surface area contributed by atoms with Gasteiger partial charge in [0.25, 0.3) is 5.91 Å². The molecule has 6 fully saturated rings. The zero-order chi connectivity index (χ0) is 17.5. The van der Waals surface area contributed by atoms with E-state index in [0.29, 0.717) is 17.5 Å². The van der Waals surface area contributed by atoms with Crippen LogP contribution in [0.15, 0.2) is 24.4 Å². The molecule has 1 aromatic heterocycles. The molecule has 136 valence electrons. The van der Waals surface area contributed by atoms with Crippen molar-refractivity contribution >= 4 is 11.9 Å². The number of carbonyl (C=O) groups is 2. The van der Waals surface area contributed by atoms with E-state index < -0.39 is 5.54 Å². The molecule has 1 saturated heterocycles. The van der Waals surface area contributed by atoms with Crippen LogP contribution in [-0.2, 0) is 10.3 Å². The SMILES string of the molecule is O=C1NC(c2ccccn2)(C2CC2)C(=O)N1C1C2CC3CC(C2)CC1C3. The zero-order valence-electron chi connectivity index (χ0n) is 14.9. The summed E-state index contributed by atoms with van der Waals surface area (Å²) in [6, 6.07) is 5.61. The molecule has 1 N–H and O–H groups in total. The van der Waals surface area contributed by atoms with Crippen LogP contribution in [0.25, 0.3) is 0 Å². The Bertz CT molecular complexity index is 747. The van der Waals surface area contributed by atoms with Crippen LogP contribution in [0.4, 0.5) is 4.79 Å². The first-order valence-electron chi connectivity index (χ1n) is 10.2. The second-order valence-electron chi connectivity index (χ2n) is 9.32. The van der Waals surface area contributed by atoms with Crippen molar-refractivity contribution in [3.05, 3.63) is 30.1 Å². The lowest BCUT2D eigenvalue weighted by molar-refractivity contribution is -0.141. The van der Waals surface area contributed by atoms with Gasteiger partial charge in [-0.05, 0) is 86.7 Å². The second kappa shape index (κ2) is 5.08. The highest BCUT2D eigenvalue weighted by molar-refractivity contribution is 6.08. The summed E-state index contributed by atoms with van der Waals surface area (Å²) in [5.74, 6) is 2.85. The quantitative estimate of drug-likeness (QED) is 0.852. The third-order valence-corrected chi connectivity index (χ3v) is 7.81. The van der Waals surface area contributed by atoms with Crippen LogP contribution in [0.1, 0.15) is 50.6 Å². The van der Waals surface area contributed by atoms with Crippen molar-refractivity contribution in [3.8, 4) is 0 Å². The molecule has 0 radical (unpaired) electrons. The van der Waals surface area contributed by atoms with Gasteiger partial charge in [-0.1, -0.05) is 6.07 Å². The number of rotatable bonds is 3. The van der Waals surface area contributed by atoms with E-state index in [4.69, 9.17) is 0 Å². The Morgan fingerprint density at radius 2 is 1.69 bits per heavy atom. The average Bonchev–Trinajstić information content (AvgIpc) is 3.44. The first kappa shape index (κ1) is 15.2. The summed E-state index contributed by atoms with van der Waals surface area (Å²) in [5.41, 5.74) is -0.209. The van der Waals surface area contributed by atoms with Gasteiger partial charge >= 0.3 is 6.03 Å². The van der Waals surface area contributed by atoms with Gasteiger partial charge in [-0.3, -0.25) is 14.7 Å². The first-order valence-corrected chi connectivity index (χ1v) is 10.2. The van der Waals surface area contributed by atoms with E-state index in [9.17, 15) is 9.59 Å². The molecule has 0 spiro atoms. The largest absolute Gasteiger partial charge is 0.325 e. The summed E-state index contributed by atoms with van der Waals surface area (Å²) >= 11 is 0. The van der Waals surface area contributed by atoms with Crippen LogP contribution in [0.5, 0.6) is 0 Å². The van der Waals surface area contributed by atoms with Gasteiger partial charge in [0, 0.05) is 12.2 Å². The molecular formula is C21H25N3O2. The van der Waals surface area contributed by atoms with Crippen molar-refractivity contribution in [1.82, 2.24) is 15.2 Å². The standard InChI is InChI=1S/C21H25N3O2/c25-19-21(16-4-5-16,17-3-1-2-6-22-17)23-20(26)24(19)18-14-8-12-7-13(10-14)11-15(18)9-12/h1-3,6,12-16,18H,4-5,7-11H2,(H,23,26). The molecule has 5 aliphatic carbocycles. The first-order chi connectivity index (χ1) is 12.7. The van der Waals surface area contributed by atoms with Crippen molar-refractivity contribution < 1.29 is 9.59 Å². The molecule has 0 aromatic carbocycles. The minimum Gasteiger partial charge on any atom is -0.318 e. The minimum absolute atomic E-state index is 0.0267. The topological polar surface area (TPSA) is 62.3 Å². The fourth-order valence-corrected chi connectivity index (χ4v) is 6.93. The minimum atomic E-state index is -0.924. The number of urea groups is 1. The number of carbonyl (C=O) groups excluding carboxylic acids is 2. The Kier molecular flexibility index (Phi) is 2.97. The van der Waals surface area contributed by atoms with Gasteiger partial charge < -0.3 is 5.32 Å². The molecule has 1 aromatic rings. The van der Waals surface area contributed by atoms with E-state index >= 15 is 0 Å². The summed E-state index contributed by atoms with van der Waals surface area (Å²) in [6.45, 7) is 0. The van der Waals surface area contributed by atoms with Gasteiger partial charge in [0.05, 0.1) is 5.69 Å². The summed E-state index contributed by atoms with van der Waals surface area (Å²) in [5, 5.41) is 3.13. The second-order valence-corrected chi connectivity index (χ2v) is 9.32. The van der Waals surface area contributed by atoms with E-state index in [1.807, 2.05) is 18.2 Å². The Balaban J connectivity index is 1.40. The van der Waals surface area contributed by atoms with Gasteiger partial charge in [-0.2, -0.15) is 0 Å². The summed E-state index contributed by atoms with van der Waals surface area (Å²) in [7, 11) is 0. The number of amides is 3. The monoisotopic (exact) mass is 351 g/mol. The van der Waals surface area contributed by atoms with E-state index in [-0.39, 0.29) is 23.9 Å². The number of nitrogens with one attached hydrogen (secondary N) is 1. The molecule has 6 aliphatic rings. The lowest BCUT2D eigenvalue weighted by atomic mass is 9.54. The van der Waals surface area contributed by atoms with Gasteiger partial charge in [-0.25, -0.2) is 4.79 Å². The number of aromatic nitrogens is 1. The maximum atomic E-state index is 13.7. The molecule has 26 heavy (non-hydrogen) atoms. The molecule has 1 aliphatic heterocycles. The molecule has 5 heteroatoms. The fraction of sp³-hybridized carbons (Fsp3) is 0.667. The number of hydrogen-bond donors (Lipinski definition) is 1. The smallest absolute Gasteiger partial charge is 0.318 e. The van der Waals surface area contributed by atoms with Gasteiger partial charge in [0.2, 0.25) is 0 Å². The van der Waals surface area contributed by atoms with Gasteiger partial charge in [0.1, 0.15) is 0 Å². The van der Waals surface area contributed by atoms with Crippen LogP contribution in [0, 0.1) is 29.6 Å². The van der Waals surface area contributed by atoms with Crippen molar-refractivity contribution in [3.63, 3.8) is 0 Å². The van der Waals surface area contributed by atoms with Crippen molar-refractivity contribution in [1.29, 1.82) is 0 Å². The number of imide groups is 1. The van der Waals surface area contributed by atoms with E-state index in [1.54, 1.807) is 11.1 Å². The highest BCUT2D eigenvalue weighted by atomic mass is 16.2. The predicted octanol–water partition coefficient (Wildman–Crippen LogP) is 3.06.